The fraction of sp³-hybridized carbons (Fsp3) is 0.235. The lowest BCUT2D eigenvalue weighted by Gasteiger charge is -2.14. The molecule has 1 heterocycles. The van der Waals surface area contributed by atoms with Crippen molar-refractivity contribution in [3.05, 3.63) is 47.9 Å². The quantitative estimate of drug-likeness (QED) is 0.657. The smallest absolute Gasteiger partial charge is 0.287 e. The van der Waals surface area contributed by atoms with E-state index in [9.17, 15) is 14.4 Å². The standard InChI is InChI=1S/C17H19N3O6/c1-10(18-17(23)13-5-4-8-26-13)15(21)19-20-16(22)11-6-7-12(24-2)14(9-11)25-3/h4-10H,1-3H3,(H,18,23)(H,19,21)(H,20,22). The number of carbonyl (C=O) groups is 3. The van der Waals surface area contributed by atoms with Crippen molar-refractivity contribution < 1.29 is 28.3 Å². The fourth-order valence-electron chi connectivity index (χ4n) is 2.02. The number of hydrazine groups is 1. The second kappa shape index (κ2) is 8.56. The van der Waals surface area contributed by atoms with Crippen LogP contribution in [0.3, 0.4) is 0 Å². The summed E-state index contributed by atoms with van der Waals surface area (Å²) in [7, 11) is 2.93. The summed E-state index contributed by atoms with van der Waals surface area (Å²) >= 11 is 0. The minimum atomic E-state index is -0.890. The van der Waals surface area contributed by atoms with Gasteiger partial charge in [-0.15, -0.1) is 0 Å². The first-order chi connectivity index (χ1) is 12.5. The molecule has 0 fully saturated rings. The first-order valence-electron chi connectivity index (χ1n) is 7.63. The number of ether oxygens (including phenoxy) is 2. The number of amides is 3. The Kier molecular flexibility index (Phi) is 6.20. The van der Waals surface area contributed by atoms with Crippen molar-refractivity contribution in [1.29, 1.82) is 0 Å². The summed E-state index contributed by atoms with van der Waals surface area (Å²) in [5.41, 5.74) is 4.77. The highest BCUT2D eigenvalue weighted by Gasteiger charge is 2.19. The van der Waals surface area contributed by atoms with Gasteiger partial charge in [-0.3, -0.25) is 25.2 Å². The third-order valence-electron chi connectivity index (χ3n) is 3.43. The molecule has 9 nitrogen and oxygen atoms in total. The first kappa shape index (κ1) is 18.8. The van der Waals surface area contributed by atoms with Crippen LogP contribution in [0.5, 0.6) is 11.5 Å². The number of furan rings is 1. The molecule has 26 heavy (non-hydrogen) atoms. The second-order valence-corrected chi connectivity index (χ2v) is 5.19. The predicted octanol–water partition coefficient (Wildman–Crippen LogP) is 0.876. The van der Waals surface area contributed by atoms with Gasteiger partial charge in [0.15, 0.2) is 17.3 Å². The van der Waals surface area contributed by atoms with Crippen LogP contribution in [0.4, 0.5) is 0 Å². The van der Waals surface area contributed by atoms with Crippen LogP contribution < -0.4 is 25.6 Å². The van der Waals surface area contributed by atoms with E-state index in [1.165, 1.54) is 45.6 Å². The molecule has 0 aliphatic rings. The molecule has 1 aromatic carbocycles. The van der Waals surface area contributed by atoms with E-state index in [2.05, 4.69) is 16.2 Å². The van der Waals surface area contributed by atoms with Gasteiger partial charge >= 0.3 is 0 Å². The lowest BCUT2D eigenvalue weighted by Crippen LogP contribution is -2.51. The van der Waals surface area contributed by atoms with E-state index in [-0.39, 0.29) is 11.3 Å². The van der Waals surface area contributed by atoms with Crippen molar-refractivity contribution in [2.24, 2.45) is 0 Å². The highest BCUT2D eigenvalue weighted by atomic mass is 16.5. The number of rotatable bonds is 6. The molecule has 9 heteroatoms. The molecular formula is C17H19N3O6. The Hall–Kier alpha value is -3.49. The van der Waals surface area contributed by atoms with Crippen molar-refractivity contribution in [3.63, 3.8) is 0 Å². The van der Waals surface area contributed by atoms with Crippen molar-refractivity contribution in [1.82, 2.24) is 16.2 Å². The van der Waals surface area contributed by atoms with Gasteiger partial charge in [-0.2, -0.15) is 0 Å². The van der Waals surface area contributed by atoms with Crippen LogP contribution in [0.1, 0.15) is 27.8 Å². The average Bonchev–Trinajstić information content (AvgIpc) is 3.19. The average molecular weight is 361 g/mol. The second-order valence-electron chi connectivity index (χ2n) is 5.19. The molecule has 0 saturated heterocycles. The maximum atomic E-state index is 12.1. The number of carbonyl (C=O) groups excluding carboxylic acids is 3. The fourth-order valence-corrected chi connectivity index (χ4v) is 2.02. The largest absolute Gasteiger partial charge is 0.493 e. The number of methoxy groups -OCH3 is 2. The van der Waals surface area contributed by atoms with Crippen LogP contribution >= 0.6 is 0 Å². The van der Waals surface area contributed by atoms with Gasteiger partial charge in [0, 0.05) is 5.56 Å². The van der Waals surface area contributed by atoms with E-state index in [1.54, 1.807) is 12.1 Å². The number of benzene rings is 1. The highest BCUT2D eigenvalue weighted by Crippen LogP contribution is 2.27. The molecule has 0 bridgehead atoms. The van der Waals surface area contributed by atoms with Gasteiger partial charge in [-0.25, -0.2) is 0 Å². The molecule has 0 aliphatic carbocycles. The monoisotopic (exact) mass is 361 g/mol. The predicted molar refractivity (Wildman–Crippen MR) is 90.8 cm³/mol. The van der Waals surface area contributed by atoms with Crippen molar-refractivity contribution in [3.8, 4) is 11.5 Å². The maximum absolute atomic E-state index is 12.1. The molecule has 138 valence electrons. The Labute approximate surface area is 149 Å². The zero-order chi connectivity index (χ0) is 19.1. The van der Waals surface area contributed by atoms with Crippen LogP contribution in [0.2, 0.25) is 0 Å². The molecule has 0 radical (unpaired) electrons. The van der Waals surface area contributed by atoms with Gasteiger partial charge in [0.05, 0.1) is 20.5 Å². The lowest BCUT2D eigenvalue weighted by molar-refractivity contribution is -0.123. The van der Waals surface area contributed by atoms with Gasteiger partial charge in [0.25, 0.3) is 17.7 Å². The molecule has 1 unspecified atom stereocenters. The molecular weight excluding hydrogens is 342 g/mol. The minimum Gasteiger partial charge on any atom is -0.493 e. The first-order valence-corrected chi connectivity index (χ1v) is 7.63. The summed E-state index contributed by atoms with van der Waals surface area (Å²) < 4.78 is 15.2. The van der Waals surface area contributed by atoms with Crippen molar-refractivity contribution >= 4 is 17.7 Å². The Morgan fingerprint density at radius 3 is 2.35 bits per heavy atom. The molecule has 2 rings (SSSR count). The van der Waals surface area contributed by atoms with Crippen LogP contribution in [0, 0.1) is 0 Å². The molecule has 1 atom stereocenters. The summed E-state index contributed by atoms with van der Waals surface area (Å²) in [5, 5.41) is 2.45. The topological polar surface area (TPSA) is 119 Å². The third-order valence-corrected chi connectivity index (χ3v) is 3.43. The Balaban J connectivity index is 1.90. The molecule has 1 aromatic heterocycles. The van der Waals surface area contributed by atoms with E-state index in [0.717, 1.165) is 0 Å². The van der Waals surface area contributed by atoms with E-state index in [0.29, 0.717) is 11.5 Å². The van der Waals surface area contributed by atoms with E-state index < -0.39 is 23.8 Å². The lowest BCUT2D eigenvalue weighted by atomic mass is 10.2. The molecule has 0 aliphatic heterocycles. The number of hydrogen-bond donors (Lipinski definition) is 3. The van der Waals surface area contributed by atoms with Gasteiger partial charge in [-0.1, -0.05) is 0 Å². The molecule has 3 amide bonds. The molecule has 0 spiro atoms. The maximum Gasteiger partial charge on any atom is 0.287 e. The van der Waals surface area contributed by atoms with Crippen LogP contribution in [-0.2, 0) is 4.79 Å². The Morgan fingerprint density at radius 2 is 1.73 bits per heavy atom. The number of nitrogens with one attached hydrogen (secondary N) is 3. The number of hydrogen-bond acceptors (Lipinski definition) is 6. The van der Waals surface area contributed by atoms with E-state index in [4.69, 9.17) is 13.9 Å². The van der Waals surface area contributed by atoms with Gasteiger partial charge in [0.2, 0.25) is 0 Å². The van der Waals surface area contributed by atoms with E-state index in [1.807, 2.05) is 0 Å². The summed E-state index contributed by atoms with van der Waals surface area (Å²) in [5.74, 6) is -0.752. The summed E-state index contributed by atoms with van der Waals surface area (Å²) in [6.45, 7) is 1.47. The van der Waals surface area contributed by atoms with E-state index >= 15 is 0 Å². The Bertz CT molecular complexity index is 788. The Morgan fingerprint density at radius 1 is 1.00 bits per heavy atom. The van der Waals surface area contributed by atoms with Crippen molar-refractivity contribution in [2.75, 3.05) is 14.2 Å². The summed E-state index contributed by atoms with van der Waals surface area (Å²) in [4.78, 5) is 35.9. The third kappa shape index (κ3) is 4.53. The summed E-state index contributed by atoms with van der Waals surface area (Å²) in [6, 6.07) is 6.70. The molecule has 3 N–H and O–H groups in total. The zero-order valence-electron chi connectivity index (χ0n) is 14.5. The van der Waals surface area contributed by atoms with Gasteiger partial charge in [-0.05, 0) is 37.3 Å². The molecule has 2 aromatic rings. The minimum absolute atomic E-state index is 0.0824. The van der Waals surface area contributed by atoms with Crippen LogP contribution in [0.15, 0.2) is 41.0 Å². The normalized spacial score (nSPS) is 11.2. The van der Waals surface area contributed by atoms with Crippen molar-refractivity contribution in [2.45, 2.75) is 13.0 Å². The zero-order valence-corrected chi connectivity index (χ0v) is 14.5. The van der Waals surface area contributed by atoms with Gasteiger partial charge < -0.3 is 19.2 Å². The van der Waals surface area contributed by atoms with Crippen LogP contribution in [-0.4, -0.2) is 38.0 Å². The van der Waals surface area contributed by atoms with Crippen LogP contribution in [0.25, 0.3) is 0 Å². The SMILES string of the molecule is COc1ccc(C(=O)NNC(=O)C(C)NC(=O)c2ccco2)cc1OC. The van der Waals surface area contributed by atoms with Gasteiger partial charge in [0.1, 0.15) is 6.04 Å². The molecule has 0 saturated carbocycles. The highest BCUT2D eigenvalue weighted by molar-refractivity contribution is 5.98. The summed E-state index contributed by atoms with van der Waals surface area (Å²) in [6.07, 6.45) is 1.35.